The lowest BCUT2D eigenvalue weighted by atomic mass is 9.96. The van der Waals surface area contributed by atoms with Crippen molar-refractivity contribution >= 4 is 0 Å². The highest BCUT2D eigenvalue weighted by atomic mass is 15.3. The third kappa shape index (κ3) is 4.11. The Bertz CT molecular complexity index is 410. The zero-order valence-corrected chi connectivity index (χ0v) is 11.9. The van der Waals surface area contributed by atoms with Gasteiger partial charge in [0.2, 0.25) is 0 Å². The summed E-state index contributed by atoms with van der Waals surface area (Å²) >= 11 is 0. The molecule has 1 saturated carbocycles. The van der Waals surface area contributed by atoms with Crippen LogP contribution in [-0.2, 0) is 6.54 Å². The van der Waals surface area contributed by atoms with E-state index in [1.165, 1.54) is 32.1 Å². The summed E-state index contributed by atoms with van der Waals surface area (Å²) in [5.74, 6) is 2.72. The maximum absolute atomic E-state index is 5.37. The van der Waals surface area contributed by atoms with Crippen LogP contribution in [0.1, 0.15) is 63.6 Å². The van der Waals surface area contributed by atoms with Gasteiger partial charge in [-0.25, -0.2) is 0 Å². The number of nitrogens with zero attached hydrogens (tertiary/aromatic N) is 2. The quantitative estimate of drug-likeness (QED) is 0.795. The molecule has 1 unspecified atom stereocenters. The molecule has 0 saturated heterocycles. The molecule has 0 spiro atoms. The van der Waals surface area contributed by atoms with Crippen LogP contribution in [0.15, 0.2) is 12.3 Å². The molecule has 1 heterocycles. The zero-order valence-electron chi connectivity index (χ0n) is 11.9. The molecule has 1 aromatic rings. The Labute approximate surface area is 116 Å². The van der Waals surface area contributed by atoms with Gasteiger partial charge in [-0.15, -0.1) is 12.3 Å². The van der Waals surface area contributed by atoms with E-state index in [4.69, 9.17) is 11.5 Å². The summed E-state index contributed by atoms with van der Waals surface area (Å²) in [6.07, 6.45) is 16.0. The lowest BCUT2D eigenvalue weighted by molar-refractivity contribution is 0.327. The highest BCUT2D eigenvalue weighted by Gasteiger charge is 2.16. The van der Waals surface area contributed by atoms with Crippen LogP contribution in [0.2, 0.25) is 0 Å². The molecule has 104 valence electrons. The van der Waals surface area contributed by atoms with Gasteiger partial charge in [0.1, 0.15) is 0 Å². The van der Waals surface area contributed by atoms with Crippen LogP contribution in [0.5, 0.6) is 0 Å². The summed E-state index contributed by atoms with van der Waals surface area (Å²) in [5, 5.41) is 8.19. The van der Waals surface area contributed by atoms with Crippen LogP contribution >= 0.6 is 0 Å². The van der Waals surface area contributed by atoms with Gasteiger partial charge in [0, 0.05) is 25.2 Å². The molecule has 1 atom stereocenters. The minimum atomic E-state index is 0.407. The molecular formula is C16H25N3. The highest BCUT2D eigenvalue weighted by molar-refractivity contribution is 5.00. The second kappa shape index (κ2) is 7.35. The lowest BCUT2D eigenvalue weighted by Gasteiger charge is -2.21. The highest BCUT2D eigenvalue weighted by Crippen LogP contribution is 2.27. The molecule has 1 aliphatic carbocycles. The van der Waals surface area contributed by atoms with Crippen molar-refractivity contribution < 1.29 is 0 Å². The Hall–Kier alpha value is -1.27. The van der Waals surface area contributed by atoms with E-state index in [0.29, 0.717) is 12.1 Å². The van der Waals surface area contributed by atoms with E-state index in [2.05, 4.69) is 35.1 Å². The molecule has 1 aromatic heterocycles. The molecule has 3 nitrogen and oxygen atoms in total. The first-order valence-electron chi connectivity index (χ1n) is 7.54. The number of hydrogen-bond donors (Lipinski definition) is 1. The third-order valence-electron chi connectivity index (χ3n) is 4.04. The van der Waals surface area contributed by atoms with Crippen LogP contribution in [-0.4, -0.2) is 15.8 Å². The summed E-state index contributed by atoms with van der Waals surface area (Å²) < 4.78 is 2.16. The van der Waals surface area contributed by atoms with Crippen molar-refractivity contribution in [3.63, 3.8) is 0 Å². The van der Waals surface area contributed by atoms with Gasteiger partial charge in [-0.3, -0.25) is 4.68 Å². The van der Waals surface area contributed by atoms with Crippen molar-refractivity contribution in [2.75, 3.05) is 0 Å². The number of nitrogens with one attached hydrogen (secondary N) is 1. The van der Waals surface area contributed by atoms with Crippen molar-refractivity contribution in [2.24, 2.45) is 0 Å². The Kier molecular flexibility index (Phi) is 5.47. The van der Waals surface area contributed by atoms with Crippen LogP contribution in [0.3, 0.4) is 0 Å². The molecule has 0 radical (unpaired) electrons. The van der Waals surface area contributed by atoms with Crippen molar-refractivity contribution in [1.29, 1.82) is 0 Å². The average molecular weight is 259 g/mol. The van der Waals surface area contributed by atoms with Crippen LogP contribution in [0.4, 0.5) is 0 Å². The van der Waals surface area contributed by atoms with Gasteiger partial charge >= 0.3 is 0 Å². The molecule has 19 heavy (non-hydrogen) atoms. The summed E-state index contributed by atoms with van der Waals surface area (Å²) in [4.78, 5) is 0. The van der Waals surface area contributed by atoms with E-state index in [-0.39, 0.29) is 0 Å². The second-order valence-electron chi connectivity index (χ2n) is 5.47. The minimum absolute atomic E-state index is 0.407. The Morgan fingerprint density at radius 2 is 2.26 bits per heavy atom. The van der Waals surface area contributed by atoms with Crippen LogP contribution < -0.4 is 5.32 Å². The van der Waals surface area contributed by atoms with Gasteiger partial charge in [-0.1, -0.05) is 26.2 Å². The Morgan fingerprint density at radius 1 is 1.47 bits per heavy atom. The summed E-state index contributed by atoms with van der Waals surface area (Å²) in [6, 6.07) is 3.16. The number of hydrogen-bond acceptors (Lipinski definition) is 2. The lowest BCUT2D eigenvalue weighted by Crippen LogP contribution is -2.27. The zero-order chi connectivity index (χ0) is 13.5. The van der Waals surface area contributed by atoms with Crippen molar-refractivity contribution in [2.45, 2.75) is 70.5 Å². The third-order valence-corrected chi connectivity index (χ3v) is 4.04. The molecule has 0 amide bonds. The van der Waals surface area contributed by atoms with E-state index < -0.39 is 0 Å². The molecule has 1 fully saturated rings. The van der Waals surface area contributed by atoms with Crippen LogP contribution in [0.25, 0.3) is 0 Å². The predicted octanol–water partition coefficient (Wildman–Crippen LogP) is 3.28. The average Bonchev–Trinajstić information content (AvgIpc) is 2.93. The van der Waals surface area contributed by atoms with Gasteiger partial charge in [0.15, 0.2) is 0 Å². The fourth-order valence-corrected chi connectivity index (χ4v) is 2.77. The number of aromatic nitrogens is 2. The molecule has 3 heteroatoms. The monoisotopic (exact) mass is 259 g/mol. The normalized spacial score (nSPS) is 18.1. The van der Waals surface area contributed by atoms with Gasteiger partial charge in [0.05, 0.1) is 11.7 Å². The van der Waals surface area contributed by atoms with Crippen molar-refractivity contribution in [1.82, 2.24) is 15.1 Å². The molecule has 1 N–H and O–H groups in total. The fourth-order valence-electron chi connectivity index (χ4n) is 2.77. The maximum Gasteiger partial charge on any atom is 0.0762 e. The number of rotatable bonds is 6. The van der Waals surface area contributed by atoms with Gasteiger partial charge < -0.3 is 5.32 Å². The van der Waals surface area contributed by atoms with E-state index >= 15 is 0 Å². The van der Waals surface area contributed by atoms with E-state index in [0.717, 1.165) is 25.1 Å². The van der Waals surface area contributed by atoms with Gasteiger partial charge in [-0.05, 0) is 25.3 Å². The van der Waals surface area contributed by atoms with E-state index in [1.807, 2.05) is 0 Å². The first-order chi connectivity index (χ1) is 9.33. The Morgan fingerprint density at radius 3 is 2.95 bits per heavy atom. The van der Waals surface area contributed by atoms with Crippen molar-refractivity contribution in [3.8, 4) is 12.3 Å². The summed E-state index contributed by atoms with van der Waals surface area (Å²) in [5.41, 5.74) is 1.13. The molecule has 0 aliphatic heterocycles. The molecule has 1 aliphatic rings. The SMILES string of the molecule is C#CCC(CC)NCc1ccn(C2CCCCC2)n1. The topological polar surface area (TPSA) is 29.9 Å². The molecular weight excluding hydrogens is 234 g/mol. The first-order valence-corrected chi connectivity index (χ1v) is 7.54. The largest absolute Gasteiger partial charge is 0.307 e. The van der Waals surface area contributed by atoms with Gasteiger partial charge in [-0.2, -0.15) is 5.10 Å². The first kappa shape index (κ1) is 14.1. The van der Waals surface area contributed by atoms with E-state index in [9.17, 15) is 0 Å². The Balaban J connectivity index is 1.85. The van der Waals surface area contributed by atoms with Crippen molar-refractivity contribution in [3.05, 3.63) is 18.0 Å². The van der Waals surface area contributed by atoms with Gasteiger partial charge in [0.25, 0.3) is 0 Å². The molecule has 0 aromatic carbocycles. The number of terminal acetylenes is 1. The second-order valence-corrected chi connectivity index (χ2v) is 5.47. The fraction of sp³-hybridized carbons (Fsp3) is 0.688. The smallest absolute Gasteiger partial charge is 0.0762 e. The predicted molar refractivity (Wildman–Crippen MR) is 78.7 cm³/mol. The minimum Gasteiger partial charge on any atom is -0.307 e. The molecule has 2 rings (SSSR count). The standard InChI is InChI=1S/C16H25N3/c1-3-8-14(4-2)17-13-15-11-12-19(18-15)16-9-6-5-7-10-16/h1,11-12,14,16-17H,4-10,13H2,2H3. The van der Waals surface area contributed by atoms with Crippen LogP contribution in [0, 0.1) is 12.3 Å². The summed E-state index contributed by atoms with van der Waals surface area (Å²) in [6.45, 7) is 2.98. The summed E-state index contributed by atoms with van der Waals surface area (Å²) in [7, 11) is 0. The molecule has 0 bridgehead atoms. The maximum atomic E-state index is 5.37. The van der Waals surface area contributed by atoms with E-state index in [1.54, 1.807) is 0 Å².